The molecular weight excluding hydrogens is 296 g/mol. The summed E-state index contributed by atoms with van der Waals surface area (Å²) in [6.07, 6.45) is 0. The van der Waals surface area contributed by atoms with Gasteiger partial charge in [0.25, 0.3) is 0 Å². The van der Waals surface area contributed by atoms with Crippen LogP contribution in [-0.4, -0.2) is 43.2 Å². The summed E-state index contributed by atoms with van der Waals surface area (Å²) >= 11 is 3.39. The van der Waals surface area contributed by atoms with Crippen LogP contribution < -0.4 is 5.32 Å². The standard InChI is InChI=1S/C13H17BrN2O2/c1-10(16-5-7-18-8-6-16)13(17)15-12-4-2-3-11(14)9-12/h2-4,9-10H,5-8H2,1H3,(H,15,17). The first kappa shape index (κ1) is 13.5. The maximum Gasteiger partial charge on any atom is 0.241 e. The van der Waals surface area contributed by atoms with Gasteiger partial charge >= 0.3 is 0 Å². The van der Waals surface area contributed by atoms with Gasteiger partial charge in [0.15, 0.2) is 0 Å². The van der Waals surface area contributed by atoms with Crippen molar-refractivity contribution in [3.8, 4) is 0 Å². The number of rotatable bonds is 3. The first-order valence-electron chi connectivity index (χ1n) is 6.05. The Morgan fingerprint density at radius 3 is 2.83 bits per heavy atom. The number of hydrogen-bond acceptors (Lipinski definition) is 3. The molecule has 1 amide bonds. The number of halogens is 1. The third-order valence-electron chi connectivity index (χ3n) is 3.06. The van der Waals surface area contributed by atoms with E-state index in [2.05, 4.69) is 26.1 Å². The molecule has 0 bridgehead atoms. The summed E-state index contributed by atoms with van der Waals surface area (Å²) in [5.74, 6) is 0.0231. The fourth-order valence-corrected chi connectivity index (χ4v) is 2.34. The lowest BCUT2D eigenvalue weighted by atomic mass is 10.2. The molecule has 0 aromatic heterocycles. The van der Waals surface area contributed by atoms with Gasteiger partial charge < -0.3 is 10.1 Å². The smallest absolute Gasteiger partial charge is 0.241 e. The summed E-state index contributed by atoms with van der Waals surface area (Å²) in [7, 11) is 0. The van der Waals surface area contributed by atoms with Crippen LogP contribution in [0.15, 0.2) is 28.7 Å². The van der Waals surface area contributed by atoms with E-state index < -0.39 is 0 Å². The number of hydrogen-bond donors (Lipinski definition) is 1. The van der Waals surface area contributed by atoms with Crippen LogP contribution in [0, 0.1) is 0 Å². The number of nitrogens with zero attached hydrogens (tertiary/aromatic N) is 1. The summed E-state index contributed by atoms with van der Waals surface area (Å²) in [5.41, 5.74) is 0.814. The van der Waals surface area contributed by atoms with Gasteiger partial charge in [-0.15, -0.1) is 0 Å². The summed E-state index contributed by atoms with van der Waals surface area (Å²) in [4.78, 5) is 14.2. The molecule has 1 unspecified atom stereocenters. The molecule has 1 aliphatic rings. The van der Waals surface area contributed by atoms with Crippen molar-refractivity contribution in [1.29, 1.82) is 0 Å². The molecule has 1 aliphatic heterocycles. The third-order valence-corrected chi connectivity index (χ3v) is 3.56. The van der Waals surface area contributed by atoms with Crippen molar-refractivity contribution in [3.05, 3.63) is 28.7 Å². The van der Waals surface area contributed by atoms with Crippen molar-refractivity contribution >= 4 is 27.5 Å². The molecule has 4 nitrogen and oxygen atoms in total. The maximum absolute atomic E-state index is 12.1. The predicted molar refractivity (Wildman–Crippen MR) is 74.6 cm³/mol. The molecule has 1 saturated heterocycles. The molecule has 1 aromatic rings. The zero-order chi connectivity index (χ0) is 13.0. The minimum atomic E-state index is -0.132. The highest BCUT2D eigenvalue weighted by Crippen LogP contribution is 2.16. The highest BCUT2D eigenvalue weighted by molar-refractivity contribution is 9.10. The van der Waals surface area contributed by atoms with E-state index >= 15 is 0 Å². The zero-order valence-corrected chi connectivity index (χ0v) is 11.9. The fraction of sp³-hybridized carbons (Fsp3) is 0.462. The Bertz CT molecular complexity index is 419. The molecule has 1 fully saturated rings. The lowest BCUT2D eigenvalue weighted by Crippen LogP contribution is -2.47. The van der Waals surface area contributed by atoms with Gasteiger partial charge in [-0.3, -0.25) is 9.69 Å². The van der Waals surface area contributed by atoms with Crippen LogP contribution in [0.3, 0.4) is 0 Å². The molecule has 18 heavy (non-hydrogen) atoms. The zero-order valence-electron chi connectivity index (χ0n) is 10.4. The van der Waals surface area contributed by atoms with E-state index in [0.29, 0.717) is 13.2 Å². The van der Waals surface area contributed by atoms with E-state index in [1.165, 1.54) is 0 Å². The van der Waals surface area contributed by atoms with Gasteiger partial charge in [-0.05, 0) is 25.1 Å². The van der Waals surface area contributed by atoms with E-state index in [1.54, 1.807) is 0 Å². The number of anilines is 1. The second-order valence-electron chi connectivity index (χ2n) is 4.32. The topological polar surface area (TPSA) is 41.6 Å². The fourth-order valence-electron chi connectivity index (χ4n) is 1.94. The van der Waals surface area contributed by atoms with E-state index in [9.17, 15) is 4.79 Å². The molecule has 98 valence electrons. The van der Waals surface area contributed by atoms with Crippen LogP contribution in [0.1, 0.15) is 6.92 Å². The third kappa shape index (κ3) is 3.54. The molecule has 1 atom stereocenters. The van der Waals surface area contributed by atoms with Gasteiger partial charge in [-0.1, -0.05) is 22.0 Å². The van der Waals surface area contributed by atoms with Crippen molar-refractivity contribution in [2.45, 2.75) is 13.0 Å². The summed E-state index contributed by atoms with van der Waals surface area (Å²) in [6, 6.07) is 7.48. The number of carbonyl (C=O) groups is 1. The molecule has 1 N–H and O–H groups in total. The minimum absolute atomic E-state index is 0.0231. The van der Waals surface area contributed by atoms with Gasteiger partial charge in [0.1, 0.15) is 0 Å². The average Bonchev–Trinajstić information content (AvgIpc) is 2.39. The Labute approximate surface area is 115 Å². The lowest BCUT2D eigenvalue weighted by Gasteiger charge is -2.31. The number of nitrogens with one attached hydrogen (secondary N) is 1. The molecule has 1 heterocycles. The summed E-state index contributed by atoms with van der Waals surface area (Å²) in [5, 5.41) is 2.93. The predicted octanol–water partition coefficient (Wildman–Crippen LogP) is 2.11. The second kappa shape index (κ2) is 6.31. The van der Waals surface area contributed by atoms with Crippen molar-refractivity contribution in [2.75, 3.05) is 31.6 Å². The highest BCUT2D eigenvalue weighted by Gasteiger charge is 2.22. The first-order chi connectivity index (χ1) is 8.66. The maximum atomic E-state index is 12.1. The van der Waals surface area contributed by atoms with Crippen LogP contribution in [-0.2, 0) is 9.53 Å². The van der Waals surface area contributed by atoms with Crippen molar-refractivity contribution in [3.63, 3.8) is 0 Å². The molecule has 2 rings (SSSR count). The van der Waals surface area contributed by atoms with Crippen LogP contribution in [0.2, 0.25) is 0 Å². The van der Waals surface area contributed by atoms with Gasteiger partial charge in [-0.2, -0.15) is 0 Å². The monoisotopic (exact) mass is 312 g/mol. The average molecular weight is 313 g/mol. The Kier molecular flexibility index (Phi) is 4.74. The van der Waals surface area contributed by atoms with Gasteiger partial charge in [0.05, 0.1) is 19.3 Å². The number of carbonyl (C=O) groups excluding carboxylic acids is 1. The number of morpholine rings is 1. The van der Waals surface area contributed by atoms with Crippen molar-refractivity contribution in [2.24, 2.45) is 0 Å². The largest absolute Gasteiger partial charge is 0.379 e. The van der Waals surface area contributed by atoms with Gasteiger partial charge in [0, 0.05) is 23.2 Å². The normalized spacial score (nSPS) is 18.3. The number of amides is 1. The Balaban J connectivity index is 1.94. The summed E-state index contributed by atoms with van der Waals surface area (Å²) in [6.45, 7) is 4.96. The number of benzene rings is 1. The Hall–Kier alpha value is -0.910. The minimum Gasteiger partial charge on any atom is -0.379 e. The van der Waals surface area contributed by atoms with Crippen LogP contribution in [0.25, 0.3) is 0 Å². The first-order valence-corrected chi connectivity index (χ1v) is 6.84. The van der Waals surface area contributed by atoms with Crippen molar-refractivity contribution in [1.82, 2.24) is 4.90 Å². The SMILES string of the molecule is CC(C(=O)Nc1cccc(Br)c1)N1CCOCC1. The second-order valence-corrected chi connectivity index (χ2v) is 5.24. The van der Waals surface area contributed by atoms with E-state index in [-0.39, 0.29) is 11.9 Å². The quantitative estimate of drug-likeness (QED) is 0.929. The number of ether oxygens (including phenoxy) is 1. The van der Waals surface area contributed by atoms with E-state index in [0.717, 1.165) is 23.2 Å². The van der Waals surface area contributed by atoms with Crippen LogP contribution >= 0.6 is 15.9 Å². The molecule has 1 aromatic carbocycles. The highest BCUT2D eigenvalue weighted by atomic mass is 79.9. The molecule has 0 spiro atoms. The Morgan fingerprint density at radius 1 is 1.44 bits per heavy atom. The molecular formula is C13H17BrN2O2. The van der Waals surface area contributed by atoms with Crippen molar-refractivity contribution < 1.29 is 9.53 Å². The van der Waals surface area contributed by atoms with Crippen LogP contribution in [0.4, 0.5) is 5.69 Å². The van der Waals surface area contributed by atoms with E-state index in [4.69, 9.17) is 4.74 Å². The molecule has 0 saturated carbocycles. The lowest BCUT2D eigenvalue weighted by molar-refractivity contribution is -0.122. The van der Waals surface area contributed by atoms with Gasteiger partial charge in [-0.25, -0.2) is 0 Å². The van der Waals surface area contributed by atoms with Crippen LogP contribution in [0.5, 0.6) is 0 Å². The molecule has 5 heteroatoms. The molecule has 0 aliphatic carbocycles. The molecule has 0 radical (unpaired) electrons. The Morgan fingerprint density at radius 2 is 2.17 bits per heavy atom. The summed E-state index contributed by atoms with van der Waals surface area (Å²) < 4.78 is 6.24. The van der Waals surface area contributed by atoms with E-state index in [1.807, 2.05) is 31.2 Å². The van der Waals surface area contributed by atoms with Gasteiger partial charge in [0.2, 0.25) is 5.91 Å².